The van der Waals surface area contributed by atoms with Gasteiger partial charge in [0, 0.05) is 0 Å². The van der Waals surface area contributed by atoms with Gasteiger partial charge in [-0.2, -0.15) is 0 Å². The first-order valence-electron chi connectivity index (χ1n) is 6.32. The maximum atomic E-state index is 11.3. The van der Waals surface area contributed by atoms with Crippen molar-refractivity contribution in [2.75, 3.05) is 6.61 Å². The van der Waals surface area contributed by atoms with Crippen molar-refractivity contribution in [1.29, 1.82) is 0 Å². The van der Waals surface area contributed by atoms with E-state index in [1.807, 2.05) is 0 Å². The van der Waals surface area contributed by atoms with Crippen LogP contribution in [-0.4, -0.2) is 95.5 Å². The molecule has 0 spiro atoms. The molecule has 24 nitrogen and oxygen atoms in total. The molecule has 30 heavy (non-hydrogen) atoms. The molecular formula is C6H8N6O18. The van der Waals surface area contributed by atoms with Crippen molar-refractivity contribution in [3.8, 4) is 0 Å². The van der Waals surface area contributed by atoms with E-state index in [4.69, 9.17) is 5.11 Å². The predicted octanol–water partition coefficient (Wildman–Crippen LogP) is -5.96. The molecule has 0 saturated carbocycles. The first-order valence-corrected chi connectivity index (χ1v) is 6.32. The van der Waals surface area contributed by atoms with E-state index in [1.165, 1.54) is 0 Å². The quantitative estimate of drug-likeness (QED) is 0.0964. The smallest absolute Gasteiger partial charge is 0.386 e. The van der Waals surface area contributed by atoms with E-state index in [9.17, 15) is 86.2 Å². The van der Waals surface area contributed by atoms with E-state index < -0.39 is 64.9 Å². The molecule has 0 aliphatic heterocycles. The minimum Gasteiger partial charge on any atom is -0.386 e. The van der Waals surface area contributed by atoms with Crippen LogP contribution in [0.3, 0.4) is 0 Å². The molecule has 170 valence electrons. The van der Waals surface area contributed by atoms with Gasteiger partial charge < -0.3 is 25.5 Å². The number of hydrogen-bond donors (Lipinski definition) is 6. The molecule has 24 heteroatoms. The number of aliphatic hydroxyl groups is 6. The number of nitrogens with zero attached hydrogens (tertiary/aromatic N) is 6. The summed E-state index contributed by atoms with van der Waals surface area (Å²) in [5.41, 5.74) is -24.1. The van der Waals surface area contributed by atoms with Gasteiger partial charge in [-0.1, -0.05) is 0 Å². The second-order valence-electron chi connectivity index (χ2n) is 5.17. The first kappa shape index (κ1) is 26.2. The molecule has 0 saturated heterocycles. The normalized spacial score (nSPS) is 19.8. The maximum Gasteiger partial charge on any atom is 0.686 e. The minimum atomic E-state index is -6.38. The van der Waals surface area contributed by atoms with Gasteiger partial charge in [-0.15, -0.1) is 0 Å². The molecule has 0 aromatic heterocycles. The van der Waals surface area contributed by atoms with E-state index in [2.05, 4.69) is 0 Å². The average molecular weight is 452 g/mol. The summed E-state index contributed by atoms with van der Waals surface area (Å²) in [6.07, 6.45) is 0. The van der Waals surface area contributed by atoms with E-state index in [-0.39, 0.29) is 0 Å². The van der Waals surface area contributed by atoms with Crippen molar-refractivity contribution in [2.24, 2.45) is 0 Å². The van der Waals surface area contributed by atoms with Gasteiger partial charge in [0.05, 0.1) is 19.7 Å². The second kappa shape index (κ2) is 7.20. The van der Waals surface area contributed by atoms with E-state index in [0.29, 0.717) is 0 Å². The Hall–Kier alpha value is -3.84. The summed E-state index contributed by atoms with van der Waals surface area (Å²) in [6, 6.07) is 0. The Bertz CT molecular complexity index is 814. The van der Waals surface area contributed by atoms with Gasteiger partial charge >= 0.3 is 28.7 Å². The van der Waals surface area contributed by atoms with Crippen LogP contribution in [-0.2, 0) is 0 Å². The fourth-order valence-corrected chi connectivity index (χ4v) is 2.15. The third-order valence-corrected chi connectivity index (χ3v) is 3.82. The van der Waals surface area contributed by atoms with Crippen molar-refractivity contribution in [2.45, 2.75) is 28.7 Å². The number of rotatable bonds is 11. The third kappa shape index (κ3) is 2.56. The van der Waals surface area contributed by atoms with Gasteiger partial charge in [0.1, 0.15) is 9.85 Å². The summed E-state index contributed by atoms with van der Waals surface area (Å²) in [5.74, 6) is -6.03. The molecule has 6 N–H and O–H groups in total. The Kier molecular flexibility index (Phi) is 6.28. The monoisotopic (exact) mass is 452 g/mol. The van der Waals surface area contributed by atoms with Crippen LogP contribution in [0.1, 0.15) is 0 Å². The summed E-state index contributed by atoms with van der Waals surface area (Å²) in [6.45, 7) is -2.82. The Morgan fingerprint density at radius 1 is 0.500 bits per heavy atom. The summed E-state index contributed by atoms with van der Waals surface area (Å²) in [4.78, 5) is 48.9. The van der Waals surface area contributed by atoms with Crippen LogP contribution in [0.2, 0.25) is 0 Å². The summed E-state index contributed by atoms with van der Waals surface area (Å²) in [5, 5.41) is 124. The van der Waals surface area contributed by atoms with Gasteiger partial charge in [0.2, 0.25) is 0 Å². The van der Waals surface area contributed by atoms with Crippen molar-refractivity contribution in [3.63, 3.8) is 0 Å². The van der Waals surface area contributed by atoms with Crippen LogP contribution in [0.15, 0.2) is 0 Å². The molecule has 0 aromatic rings. The lowest BCUT2D eigenvalue weighted by Crippen LogP contribution is -2.90. The lowest BCUT2D eigenvalue weighted by atomic mass is 9.79. The summed E-state index contributed by atoms with van der Waals surface area (Å²) >= 11 is 0. The molecule has 0 aliphatic carbocycles. The van der Waals surface area contributed by atoms with Crippen molar-refractivity contribution in [3.05, 3.63) is 60.7 Å². The standard InChI is InChI=1S/C6H8N6O18/c13-1-2(14,7(19)20)3(15,8(21)22)4(16,9(23)24)5(17,10(25)26)6(18,11(27)28)12(29)30/h13-18H,1H2/t2-,3-,4-,5-/m1/s1. The highest BCUT2D eigenvalue weighted by atomic mass is 16.8. The predicted molar refractivity (Wildman–Crippen MR) is 73.8 cm³/mol. The molecule has 4 atom stereocenters. The third-order valence-electron chi connectivity index (χ3n) is 3.82. The van der Waals surface area contributed by atoms with Crippen LogP contribution in [0.25, 0.3) is 0 Å². The summed E-state index contributed by atoms with van der Waals surface area (Å²) in [7, 11) is 0. The van der Waals surface area contributed by atoms with Crippen molar-refractivity contribution in [1.82, 2.24) is 0 Å². The molecule has 0 unspecified atom stereocenters. The van der Waals surface area contributed by atoms with E-state index >= 15 is 0 Å². The molecular weight excluding hydrogens is 444 g/mol. The van der Waals surface area contributed by atoms with Gasteiger partial charge in [-0.3, -0.25) is 65.8 Å². The second-order valence-corrected chi connectivity index (χ2v) is 5.17. The van der Waals surface area contributed by atoms with Crippen LogP contribution in [0.4, 0.5) is 0 Å². The fourth-order valence-electron chi connectivity index (χ4n) is 2.15. The Labute approximate surface area is 157 Å². The first-order chi connectivity index (χ1) is 13.2. The Morgan fingerprint density at radius 2 is 0.800 bits per heavy atom. The molecule has 0 radical (unpaired) electrons. The molecule has 0 rings (SSSR count). The van der Waals surface area contributed by atoms with Gasteiger partial charge in [-0.25, -0.2) is 0 Å². The molecule has 0 heterocycles. The summed E-state index contributed by atoms with van der Waals surface area (Å²) < 4.78 is 0. The zero-order valence-electron chi connectivity index (χ0n) is 13.5. The van der Waals surface area contributed by atoms with Crippen LogP contribution in [0, 0.1) is 60.7 Å². The zero-order chi connectivity index (χ0) is 24.7. The van der Waals surface area contributed by atoms with Gasteiger partial charge in [0.25, 0.3) is 0 Å². The molecule has 0 aliphatic rings. The van der Waals surface area contributed by atoms with Gasteiger partial charge in [-0.05, 0) is 0 Å². The number of nitro groups is 6. The molecule has 0 aromatic carbocycles. The van der Waals surface area contributed by atoms with E-state index in [0.717, 1.165) is 0 Å². The molecule has 0 bridgehead atoms. The van der Waals surface area contributed by atoms with Crippen molar-refractivity contribution < 1.29 is 60.2 Å². The Morgan fingerprint density at radius 3 is 0.967 bits per heavy atom. The molecule has 0 fully saturated rings. The lowest BCUT2D eigenvalue weighted by Gasteiger charge is -2.35. The maximum absolute atomic E-state index is 11.3. The highest BCUT2D eigenvalue weighted by molar-refractivity contribution is 5.05. The Balaban J connectivity index is 8.09. The SMILES string of the molecule is O=[N+]([O-])C(O)([N+](=O)[O-])[C@@](O)([N+](=O)[O-])[C@@](O)([N+](=O)[O-])[C@@](O)([N+](=O)[O-])[C@](O)(CO)[N+](=O)[O-]. The molecule has 0 amide bonds. The number of aliphatic hydroxyl groups excluding tert-OH is 1. The fraction of sp³-hybridized carbons (Fsp3) is 1.00. The average Bonchev–Trinajstić information content (AvgIpc) is 2.62. The zero-order valence-corrected chi connectivity index (χ0v) is 13.5. The lowest BCUT2D eigenvalue weighted by molar-refractivity contribution is -0.958. The van der Waals surface area contributed by atoms with Crippen LogP contribution >= 0.6 is 0 Å². The minimum absolute atomic E-state index is 2.57. The highest BCUT2D eigenvalue weighted by Gasteiger charge is 3.08. The topological polar surface area (TPSA) is 380 Å². The van der Waals surface area contributed by atoms with Crippen LogP contribution in [0.5, 0.6) is 0 Å². The van der Waals surface area contributed by atoms with Crippen molar-refractivity contribution >= 4 is 0 Å². The van der Waals surface area contributed by atoms with E-state index in [1.54, 1.807) is 0 Å². The highest BCUT2D eigenvalue weighted by Crippen LogP contribution is 2.46. The van der Waals surface area contributed by atoms with Crippen LogP contribution < -0.4 is 0 Å². The largest absolute Gasteiger partial charge is 0.686 e. The van der Waals surface area contributed by atoms with Gasteiger partial charge in [0.15, 0.2) is 6.61 Å². The number of hydrogen-bond acceptors (Lipinski definition) is 18.